The Kier molecular flexibility index (Phi) is 3.09. The van der Waals surface area contributed by atoms with Gasteiger partial charge in [-0.3, -0.25) is 0 Å². The van der Waals surface area contributed by atoms with Crippen LogP contribution in [0.1, 0.15) is 31.7 Å². The molecule has 1 aromatic rings. The Morgan fingerprint density at radius 1 is 1.25 bits per heavy atom. The number of unbranched alkanes of at least 4 members (excludes halogenated alkanes) is 1. The molecule has 2 rings (SSSR count). The normalized spacial score (nSPS) is 23.4. The van der Waals surface area contributed by atoms with Crippen molar-refractivity contribution < 1.29 is 9.53 Å². The molecule has 1 atom stereocenters. The van der Waals surface area contributed by atoms with Crippen molar-refractivity contribution in [3.63, 3.8) is 0 Å². The van der Waals surface area contributed by atoms with E-state index in [0.29, 0.717) is 0 Å². The van der Waals surface area contributed by atoms with Gasteiger partial charge in [-0.1, -0.05) is 43.7 Å². The number of carbonyl (C=O) groups excluding carboxylic acids is 1. The van der Waals surface area contributed by atoms with Gasteiger partial charge in [-0.15, -0.1) is 0 Å². The molecule has 2 heteroatoms. The standard InChI is InChI=1S/C14H16O2/c1-2-3-10-14(11-9-13(15)16-14)12-7-5-4-6-8-12/h4-9,11H,2-3,10H2,1H3/t14-/m0/s1. The first-order valence-corrected chi connectivity index (χ1v) is 5.74. The van der Waals surface area contributed by atoms with Crippen LogP contribution in [0.15, 0.2) is 42.5 Å². The second kappa shape index (κ2) is 4.52. The summed E-state index contributed by atoms with van der Waals surface area (Å²) in [6, 6.07) is 9.95. The Labute approximate surface area is 95.9 Å². The molecule has 84 valence electrons. The zero-order valence-electron chi connectivity index (χ0n) is 9.48. The first-order chi connectivity index (χ1) is 7.77. The van der Waals surface area contributed by atoms with Gasteiger partial charge in [-0.05, 0) is 24.5 Å². The Morgan fingerprint density at radius 2 is 2.00 bits per heavy atom. The topological polar surface area (TPSA) is 26.3 Å². The maximum Gasteiger partial charge on any atom is 0.331 e. The van der Waals surface area contributed by atoms with Gasteiger partial charge in [-0.25, -0.2) is 4.79 Å². The molecule has 0 spiro atoms. The van der Waals surface area contributed by atoms with E-state index in [2.05, 4.69) is 6.92 Å². The highest BCUT2D eigenvalue weighted by atomic mass is 16.6. The number of esters is 1. The summed E-state index contributed by atoms with van der Waals surface area (Å²) in [5.74, 6) is -0.236. The summed E-state index contributed by atoms with van der Waals surface area (Å²) in [5.41, 5.74) is 0.541. The molecule has 0 aliphatic carbocycles. The minimum absolute atomic E-state index is 0.236. The number of carbonyl (C=O) groups is 1. The molecule has 1 aromatic carbocycles. The lowest BCUT2D eigenvalue weighted by atomic mass is 9.89. The van der Waals surface area contributed by atoms with E-state index in [4.69, 9.17) is 4.74 Å². The average Bonchev–Trinajstić information content (AvgIpc) is 2.71. The van der Waals surface area contributed by atoms with Crippen molar-refractivity contribution in [1.82, 2.24) is 0 Å². The molecule has 0 bridgehead atoms. The third-order valence-corrected chi connectivity index (χ3v) is 2.94. The maximum atomic E-state index is 11.3. The summed E-state index contributed by atoms with van der Waals surface area (Å²) >= 11 is 0. The van der Waals surface area contributed by atoms with Crippen molar-refractivity contribution in [1.29, 1.82) is 0 Å². The van der Waals surface area contributed by atoms with Crippen molar-refractivity contribution in [2.24, 2.45) is 0 Å². The molecule has 0 radical (unpaired) electrons. The van der Waals surface area contributed by atoms with Crippen LogP contribution >= 0.6 is 0 Å². The fourth-order valence-corrected chi connectivity index (χ4v) is 2.04. The Morgan fingerprint density at radius 3 is 2.56 bits per heavy atom. The highest BCUT2D eigenvalue weighted by Gasteiger charge is 2.36. The highest BCUT2D eigenvalue weighted by molar-refractivity contribution is 5.85. The summed E-state index contributed by atoms with van der Waals surface area (Å²) < 4.78 is 5.49. The lowest BCUT2D eigenvalue weighted by molar-refractivity contribution is -0.147. The van der Waals surface area contributed by atoms with Crippen LogP contribution in [0, 0.1) is 0 Å². The largest absolute Gasteiger partial charge is 0.447 e. The average molecular weight is 216 g/mol. The number of hydrogen-bond acceptors (Lipinski definition) is 2. The molecular formula is C14H16O2. The van der Waals surface area contributed by atoms with Crippen molar-refractivity contribution in [2.45, 2.75) is 31.8 Å². The summed E-state index contributed by atoms with van der Waals surface area (Å²) in [6.07, 6.45) is 6.42. The minimum Gasteiger partial charge on any atom is -0.447 e. The molecule has 1 heterocycles. The number of rotatable bonds is 4. The quantitative estimate of drug-likeness (QED) is 0.722. The Hall–Kier alpha value is -1.57. The molecule has 0 aromatic heterocycles. The van der Waals surface area contributed by atoms with E-state index in [-0.39, 0.29) is 5.97 Å². The summed E-state index contributed by atoms with van der Waals surface area (Å²) in [6.45, 7) is 2.14. The summed E-state index contributed by atoms with van der Waals surface area (Å²) in [4.78, 5) is 11.3. The van der Waals surface area contributed by atoms with E-state index in [1.165, 1.54) is 6.08 Å². The summed E-state index contributed by atoms with van der Waals surface area (Å²) in [5, 5.41) is 0. The van der Waals surface area contributed by atoms with Gasteiger partial charge in [0, 0.05) is 6.08 Å². The second-order valence-electron chi connectivity index (χ2n) is 4.11. The maximum absolute atomic E-state index is 11.3. The third-order valence-electron chi connectivity index (χ3n) is 2.94. The smallest absolute Gasteiger partial charge is 0.331 e. The van der Waals surface area contributed by atoms with Crippen LogP contribution in [0.5, 0.6) is 0 Å². The molecular weight excluding hydrogens is 200 g/mol. The molecule has 0 saturated heterocycles. The first-order valence-electron chi connectivity index (χ1n) is 5.74. The van der Waals surface area contributed by atoms with Gasteiger partial charge < -0.3 is 4.74 Å². The predicted octanol–water partition coefficient (Wildman–Crippen LogP) is 3.19. The van der Waals surface area contributed by atoms with E-state index in [1.54, 1.807) is 0 Å². The molecule has 0 saturated carbocycles. The molecule has 2 nitrogen and oxygen atoms in total. The lowest BCUT2D eigenvalue weighted by Crippen LogP contribution is -2.25. The lowest BCUT2D eigenvalue weighted by Gasteiger charge is -2.27. The van der Waals surface area contributed by atoms with Gasteiger partial charge in [0.1, 0.15) is 0 Å². The van der Waals surface area contributed by atoms with E-state index >= 15 is 0 Å². The number of benzene rings is 1. The van der Waals surface area contributed by atoms with Crippen LogP contribution in [-0.2, 0) is 15.1 Å². The van der Waals surface area contributed by atoms with Gasteiger partial charge in [0.15, 0.2) is 5.60 Å². The highest BCUT2D eigenvalue weighted by Crippen LogP contribution is 2.36. The van der Waals surface area contributed by atoms with Crippen molar-refractivity contribution in [3.8, 4) is 0 Å². The number of cyclic esters (lactones) is 1. The molecule has 1 aliphatic rings. The van der Waals surface area contributed by atoms with Gasteiger partial charge in [-0.2, -0.15) is 0 Å². The monoisotopic (exact) mass is 216 g/mol. The summed E-state index contributed by atoms with van der Waals surface area (Å²) in [7, 11) is 0. The Bertz CT molecular complexity index is 394. The van der Waals surface area contributed by atoms with E-state index < -0.39 is 5.60 Å². The zero-order chi connectivity index (χ0) is 11.4. The molecule has 0 amide bonds. The van der Waals surface area contributed by atoms with Crippen molar-refractivity contribution in [3.05, 3.63) is 48.0 Å². The van der Waals surface area contributed by atoms with Gasteiger partial charge >= 0.3 is 5.97 Å². The van der Waals surface area contributed by atoms with Crippen LogP contribution < -0.4 is 0 Å². The van der Waals surface area contributed by atoms with Crippen molar-refractivity contribution >= 4 is 5.97 Å². The minimum atomic E-state index is -0.519. The molecule has 16 heavy (non-hydrogen) atoms. The van der Waals surface area contributed by atoms with E-state index in [0.717, 1.165) is 24.8 Å². The van der Waals surface area contributed by atoms with Crippen LogP contribution in [-0.4, -0.2) is 5.97 Å². The molecule has 0 N–H and O–H groups in total. The molecule has 0 unspecified atom stereocenters. The van der Waals surface area contributed by atoms with Crippen molar-refractivity contribution in [2.75, 3.05) is 0 Å². The van der Waals surface area contributed by atoms with Crippen LogP contribution in [0.3, 0.4) is 0 Å². The fourth-order valence-electron chi connectivity index (χ4n) is 2.04. The molecule has 0 fully saturated rings. The predicted molar refractivity (Wildman–Crippen MR) is 62.9 cm³/mol. The van der Waals surface area contributed by atoms with Crippen LogP contribution in [0.4, 0.5) is 0 Å². The number of hydrogen-bond donors (Lipinski definition) is 0. The zero-order valence-corrected chi connectivity index (χ0v) is 9.48. The fraction of sp³-hybridized carbons (Fsp3) is 0.357. The van der Waals surface area contributed by atoms with Gasteiger partial charge in [0.2, 0.25) is 0 Å². The first kappa shape index (κ1) is 10.9. The SMILES string of the molecule is CCCC[C@@]1(c2ccccc2)C=CC(=O)O1. The van der Waals surface area contributed by atoms with E-state index in [9.17, 15) is 4.79 Å². The van der Waals surface area contributed by atoms with Gasteiger partial charge in [0.05, 0.1) is 0 Å². The number of ether oxygens (including phenoxy) is 1. The molecule has 1 aliphatic heterocycles. The van der Waals surface area contributed by atoms with Gasteiger partial charge in [0.25, 0.3) is 0 Å². The van der Waals surface area contributed by atoms with Crippen LogP contribution in [0.25, 0.3) is 0 Å². The Balaban J connectivity index is 2.29. The van der Waals surface area contributed by atoms with E-state index in [1.807, 2.05) is 36.4 Å². The second-order valence-corrected chi connectivity index (χ2v) is 4.11. The van der Waals surface area contributed by atoms with Crippen LogP contribution in [0.2, 0.25) is 0 Å². The third kappa shape index (κ3) is 2.01.